The second-order valence-corrected chi connectivity index (χ2v) is 8.18. The van der Waals surface area contributed by atoms with Gasteiger partial charge in [-0.2, -0.15) is 5.10 Å². The smallest absolute Gasteiger partial charge is 0.266 e. The lowest BCUT2D eigenvalue weighted by molar-refractivity contribution is -0.123. The fourth-order valence-electron chi connectivity index (χ4n) is 3.51. The van der Waals surface area contributed by atoms with Crippen molar-refractivity contribution in [2.75, 3.05) is 27.4 Å². The van der Waals surface area contributed by atoms with E-state index in [2.05, 4.69) is 24.3 Å². The first-order valence-corrected chi connectivity index (χ1v) is 11.1. The first-order chi connectivity index (χ1) is 16.3. The summed E-state index contributed by atoms with van der Waals surface area (Å²) in [6.45, 7) is 6.49. The van der Waals surface area contributed by atoms with Crippen LogP contribution in [0.4, 0.5) is 0 Å². The zero-order valence-corrected chi connectivity index (χ0v) is 20.3. The second-order valence-electron chi connectivity index (χ2n) is 8.18. The molecule has 0 atom stereocenters. The van der Waals surface area contributed by atoms with Gasteiger partial charge in [-0.15, -0.1) is 0 Å². The molecule has 180 valence electrons. The van der Waals surface area contributed by atoms with Crippen LogP contribution in [-0.4, -0.2) is 43.1 Å². The summed E-state index contributed by atoms with van der Waals surface area (Å²) in [6.07, 6.45) is 0. The zero-order valence-electron chi connectivity index (χ0n) is 20.3. The molecule has 0 spiro atoms. The summed E-state index contributed by atoms with van der Waals surface area (Å²) < 4.78 is 17.8. The molecule has 0 saturated heterocycles. The van der Waals surface area contributed by atoms with Gasteiger partial charge in [0.2, 0.25) is 0 Å². The minimum atomic E-state index is -0.269. The van der Waals surface area contributed by atoms with Crippen molar-refractivity contribution in [2.45, 2.75) is 33.2 Å². The summed E-state index contributed by atoms with van der Waals surface area (Å²) in [5.41, 5.74) is 3.12. The van der Waals surface area contributed by atoms with Gasteiger partial charge in [-0.1, -0.05) is 26.0 Å². The first kappa shape index (κ1) is 24.8. The van der Waals surface area contributed by atoms with Crippen LogP contribution in [-0.2, 0) is 11.3 Å². The van der Waals surface area contributed by atoms with Crippen molar-refractivity contribution in [3.63, 3.8) is 0 Å². The maximum Gasteiger partial charge on any atom is 0.266 e. The number of amides is 1. The number of hydrogen-bond donors (Lipinski definition) is 1. The van der Waals surface area contributed by atoms with Gasteiger partial charge in [-0.3, -0.25) is 9.59 Å². The van der Waals surface area contributed by atoms with E-state index in [9.17, 15) is 9.59 Å². The SMILES string of the molecule is COc1ccc(OC)c(-c2ccc(=O)n(CCNC(=O)COc3cc(C)ccc3C(C)C)n2)c1. The highest BCUT2D eigenvalue weighted by Gasteiger charge is 2.12. The number of ether oxygens (including phenoxy) is 3. The Labute approximate surface area is 199 Å². The molecule has 2 aromatic carbocycles. The van der Waals surface area contributed by atoms with E-state index in [1.807, 2.05) is 25.1 Å². The molecule has 8 heteroatoms. The lowest BCUT2D eigenvalue weighted by atomic mass is 10.0. The molecule has 1 heterocycles. The van der Waals surface area contributed by atoms with E-state index < -0.39 is 0 Å². The van der Waals surface area contributed by atoms with E-state index in [1.165, 1.54) is 10.7 Å². The first-order valence-electron chi connectivity index (χ1n) is 11.1. The van der Waals surface area contributed by atoms with Gasteiger partial charge in [-0.25, -0.2) is 4.68 Å². The molecule has 0 fully saturated rings. The fraction of sp³-hybridized carbons (Fsp3) is 0.346. The standard InChI is InChI=1S/C26H31N3O5/c1-17(2)20-8-6-18(3)14-24(20)34-16-25(30)27-12-13-29-26(31)11-9-22(28-29)21-15-19(32-4)7-10-23(21)33-5/h6-11,14-15,17H,12-13,16H2,1-5H3,(H,27,30). The number of carbonyl (C=O) groups excluding carboxylic acids is 1. The maximum absolute atomic E-state index is 12.3. The van der Waals surface area contributed by atoms with Crippen LogP contribution in [0.2, 0.25) is 0 Å². The van der Waals surface area contributed by atoms with Crippen molar-refractivity contribution in [3.05, 3.63) is 70.0 Å². The average molecular weight is 466 g/mol. The van der Waals surface area contributed by atoms with Gasteiger partial charge >= 0.3 is 0 Å². The van der Waals surface area contributed by atoms with Gasteiger partial charge < -0.3 is 19.5 Å². The zero-order chi connectivity index (χ0) is 24.7. The number of aromatic nitrogens is 2. The van der Waals surface area contributed by atoms with Crippen molar-refractivity contribution in [2.24, 2.45) is 0 Å². The molecule has 0 aliphatic carbocycles. The third-order valence-corrected chi connectivity index (χ3v) is 5.34. The largest absolute Gasteiger partial charge is 0.497 e. The molecule has 3 aromatic rings. The molecule has 0 bridgehead atoms. The molecule has 0 unspecified atom stereocenters. The van der Waals surface area contributed by atoms with Crippen LogP contribution < -0.4 is 25.1 Å². The van der Waals surface area contributed by atoms with Crippen molar-refractivity contribution in [3.8, 4) is 28.5 Å². The summed E-state index contributed by atoms with van der Waals surface area (Å²) in [7, 11) is 3.15. The summed E-state index contributed by atoms with van der Waals surface area (Å²) in [4.78, 5) is 24.6. The van der Waals surface area contributed by atoms with Crippen molar-refractivity contribution in [1.29, 1.82) is 0 Å². The van der Waals surface area contributed by atoms with Crippen LogP contribution in [0.1, 0.15) is 30.9 Å². The van der Waals surface area contributed by atoms with E-state index in [-0.39, 0.29) is 37.1 Å². The molecule has 1 aromatic heterocycles. The van der Waals surface area contributed by atoms with Crippen LogP contribution in [0.25, 0.3) is 11.3 Å². The van der Waals surface area contributed by atoms with Gasteiger partial charge in [0.15, 0.2) is 6.61 Å². The Kier molecular flexibility index (Phi) is 8.29. The van der Waals surface area contributed by atoms with Crippen LogP contribution in [0, 0.1) is 6.92 Å². The van der Waals surface area contributed by atoms with E-state index in [1.54, 1.807) is 38.5 Å². The van der Waals surface area contributed by atoms with Gasteiger partial charge in [0.05, 0.1) is 26.5 Å². The van der Waals surface area contributed by atoms with Gasteiger partial charge in [0.25, 0.3) is 11.5 Å². The van der Waals surface area contributed by atoms with Crippen LogP contribution in [0.15, 0.2) is 53.3 Å². The third kappa shape index (κ3) is 6.15. The van der Waals surface area contributed by atoms with E-state index in [4.69, 9.17) is 14.2 Å². The Balaban J connectivity index is 1.63. The Bertz CT molecular complexity index is 1200. The highest BCUT2D eigenvalue weighted by molar-refractivity contribution is 5.77. The molecule has 34 heavy (non-hydrogen) atoms. The van der Waals surface area contributed by atoms with Crippen molar-refractivity contribution < 1.29 is 19.0 Å². The summed E-state index contributed by atoms with van der Waals surface area (Å²) in [5, 5.41) is 7.23. The number of nitrogens with one attached hydrogen (secondary N) is 1. The van der Waals surface area contributed by atoms with Crippen molar-refractivity contribution in [1.82, 2.24) is 15.1 Å². The van der Waals surface area contributed by atoms with Crippen molar-refractivity contribution >= 4 is 5.91 Å². The predicted molar refractivity (Wildman–Crippen MR) is 131 cm³/mol. The van der Waals surface area contributed by atoms with Gasteiger partial charge in [-0.05, 0) is 54.3 Å². The number of methoxy groups -OCH3 is 2. The van der Waals surface area contributed by atoms with E-state index in [0.29, 0.717) is 28.5 Å². The number of benzene rings is 2. The minimum Gasteiger partial charge on any atom is -0.497 e. The third-order valence-electron chi connectivity index (χ3n) is 5.34. The maximum atomic E-state index is 12.3. The van der Waals surface area contributed by atoms with Gasteiger partial charge in [0, 0.05) is 18.2 Å². The molecular weight excluding hydrogens is 434 g/mol. The molecule has 0 aliphatic rings. The lowest BCUT2D eigenvalue weighted by Gasteiger charge is -2.15. The summed E-state index contributed by atoms with van der Waals surface area (Å²) >= 11 is 0. The quantitative estimate of drug-likeness (QED) is 0.492. The number of carbonyl (C=O) groups is 1. The monoisotopic (exact) mass is 465 g/mol. The number of aryl methyl sites for hydroxylation is 1. The average Bonchev–Trinajstić information content (AvgIpc) is 2.83. The predicted octanol–water partition coefficient (Wildman–Crippen LogP) is 3.55. The normalized spacial score (nSPS) is 10.8. The van der Waals surface area contributed by atoms with E-state index >= 15 is 0 Å². The lowest BCUT2D eigenvalue weighted by Crippen LogP contribution is -2.34. The molecule has 1 amide bonds. The van der Waals surface area contributed by atoms with Crippen LogP contribution in [0.3, 0.4) is 0 Å². The number of hydrogen-bond acceptors (Lipinski definition) is 6. The van der Waals surface area contributed by atoms with Gasteiger partial charge in [0.1, 0.15) is 17.2 Å². The molecule has 0 aliphatic heterocycles. The highest BCUT2D eigenvalue weighted by atomic mass is 16.5. The molecular formula is C26H31N3O5. The molecule has 0 saturated carbocycles. The minimum absolute atomic E-state index is 0.105. The van der Waals surface area contributed by atoms with E-state index in [0.717, 1.165) is 11.1 Å². The topological polar surface area (TPSA) is 91.7 Å². The summed E-state index contributed by atoms with van der Waals surface area (Å²) in [6, 6.07) is 14.4. The molecule has 3 rings (SSSR count). The Hall–Kier alpha value is -3.81. The second kappa shape index (κ2) is 11.4. The molecule has 0 radical (unpaired) electrons. The Morgan fingerprint density at radius 2 is 1.82 bits per heavy atom. The molecule has 1 N–H and O–H groups in total. The number of nitrogens with zero attached hydrogens (tertiary/aromatic N) is 2. The highest BCUT2D eigenvalue weighted by Crippen LogP contribution is 2.31. The van der Waals surface area contributed by atoms with Crippen LogP contribution in [0.5, 0.6) is 17.2 Å². The fourth-order valence-corrected chi connectivity index (χ4v) is 3.51. The Morgan fingerprint density at radius 3 is 2.53 bits per heavy atom. The number of rotatable bonds is 10. The van der Waals surface area contributed by atoms with Crippen LogP contribution >= 0.6 is 0 Å². The Morgan fingerprint density at radius 1 is 1.03 bits per heavy atom. The summed E-state index contributed by atoms with van der Waals surface area (Å²) in [5.74, 6) is 1.99. The molecule has 8 nitrogen and oxygen atoms in total.